The van der Waals surface area contributed by atoms with Gasteiger partial charge in [0.15, 0.2) is 0 Å². The third kappa shape index (κ3) is 6.75. The Bertz CT molecular complexity index is 3440. The highest BCUT2D eigenvalue weighted by Gasteiger charge is 2.54. The highest BCUT2D eigenvalue weighted by Crippen LogP contribution is 2.69. The number of nitrogens with zero attached hydrogens (tertiary/aromatic N) is 1. The Balaban J connectivity index is 1.34. The number of nitrogens with one attached hydrogen (secondary N) is 1. The molecule has 0 aliphatic carbocycles. The Morgan fingerprint density at radius 1 is 0.469 bits per heavy atom. The van der Waals surface area contributed by atoms with Gasteiger partial charge in [-0.1, -0.05) is 99.6 Å². The highest BCUT2D eigenvalue weighted by atomic mass is 32.2. The zero-order valence-corrected chi connectivity index (χ0v) is 38.6. The van der Waals surface area contributed by atoms with Gasteiger partial charge in [-0.05, 0) is 145 Å². The number of sulfonamides is 1. The number of fused-ring (bicyclic) bond motifs is 14. The zero-order valence-electron chi connectivity index (χ0n) is 36.0. The molecule has 10 rings (SSSR count). The van der Waals surface area contributed by atoms with E-state index >= 15 is 4.57 Å². The van der Waals surface area contributed by atoms with Gasteiger partial charge >= 0.3 is 30.9 Å². The summed E-state index contributed by atoms with van der Waals surface area (Å²) in [6.45, 7) is 14.7. The summed E-state index contributed by atoms with van der Waals surface area (Å²) in [6.07, 6.45) is 0. The zero-order chi connectivity index (χ0) is 45.4. The van der Waals surface area contributed by atoms with Gasteiger partial charge < -0.3 is 18.1 Å². The quantitative estimate of drug-likeness (QED) is 0.176. The fraction of sp³-hybridized carbons (Fsp3) is 0.184. The topological polar surface area (TPSA) is 113 Å². The molecule has 0 atom stereocenters. The highest BCUT2D eigenvalue weighted by molar-refractivity contribution is 7.96. The van der Waals surface area contributed by atoms with Crippen molar-refractivity contribution in [2.75, 3.05) is 0 Å². The molecule has 2 heterocycles. The van der Waals surface area contributed by atoms with Crippen molar-refractivity contribution in [3.8, 4) is 45.3 Å². The summed E-state index contributed by atoms with van der Waals surface area (Å²) in [5.41, 5.74) is 1.77. The standard InChI is InChI=1S/C49H41F3N2O7P2S/c1-25-9-13-37-33(17-25)21-29(5)45-41(37)42-38-14-10-26(2)18-34(38)22-30(6)46(42)59-62(58-45,54-64(56,57)49(50,51)52)53-63(55)60-47-31(7)23-35-19-27(3)11-15-39(35)43(47)44-40-16-12-28(4)20-36(40)24-32(8)48(44)61-63/h9-24,54H,1-8H3. The van der Waals surface area contributed by atoms with Crippen molar-refractivity contribution < 1.29 is 44.2 Å². The van der Waals surface area contributed by atoms with E-state index in [2.05, 4.69) is 4.52 Å². The second-order valence-electron chi connectivity index (χ2n) is 17.0. The molecule has 1 N–H and O–H groups in total. The first-order valence-electron chi connectivity index (χ1n) is 20.4. The molecule has 0 spiro atoms. The van der Waals surface area contributed by atoms with E-state index in [1.165, 1.54) is 0 Å². The Morgan fingerprint density at radius 3 is 1.03 bits per heavy atom. The van der Waals surface area contributed by atoms with Crippen LogP contribution < -0.4 is 22.6 Å². The van der Waals surface area contributed by atoms with Gasteiger partial charge in [0.25, 0.3) is 0 Å². The number of alkyl halides is 3. The Hall–Kier alpha value is -5.84. The molecule has 0 amide bonds. The molecule has 15 heteroatoms. The molecule has 2 aliphatic heterocycles. The Labute approximate surface area is 368 Å². The van der Waals surface area contributed by atoms with Gasteiger partial charge in [0.05, 0.1) is 0 Å². The minimum Gasteiger partial charge on any atom is -0.417 e. The molecule has 0 bridgehead atoms. The van der Waals surface area contributed by atoms with Crippen molar-refractivity contribution in [2.24, 2.45) is 4.52 Å². The summed E-state index contributed by atoms with van der Waals surface area (Å²) < 4.78 is 120. The second kappa shape index (κ2) is 14.3. The molecular formula is C49H41F3N2O7P2S. The minimum absolute atomic E-state index is 0.0261. The number of rotatable bonds is 3. The number of halogens is 3. The maximum atomic E-state index is 16.0. The Morgan fingerprint density at radius 2 is 0.750 bits per heavy atom. The maximum Gasteiger partial charge on any atom is 0.568 e. The van der Waals surface area contributed by atoms with Crippen LogP contribution in [0.3, 0.4) is 0 Å². The van der Waals surface area contributed by atoms with Crippen LogP contribution in [0, 0.1) is 55.4 Å². The molecule has 326 valence electrons. The van der Waals surface area contributed by atoms with Crippen LogP contribution in [0.5, 0.6) is 23.0 Å². The first-order valence-corrected chi connectivity index (χ1v) is 25.0. The van der Waals surface area contributed by atoms with Crippen LogP contribution >= 0.6 is 15.4 Å². The van der Waals surface area contributed by atoms with Gasteiger partial charge in [0.1, 0.15) is 23.0 Å². The van der Waals surface area contributed by atoms with Crippen molar-refractivity contribution in [3.63, 3.8) is 0 Å². The summed E-state index contributed by atoms with van der Waals surface area (Å²) in [5, 5.41) is 6.02. The smallest absolute Gasteiger partial charge is 0.417 e. The van der Waals surface area contributed by atoms with E-state index in [9.17, 15) is 21.6 Å². The molecule has 0 unspecified atom stereocenters. The molecule has 0 aromatic heterocycles. The van der Waals surface area contributed by atoms with Crippen LogP contribution in [-0.4, -0.2) is 13.9 Å². The van der Waals surface area contributed by atoms with Crippen molar-refractivity contribution in [1.29, 1.82) is 0 Å². The molecule has 9 nitrogen and oxygen atoms in total. The van der Waals surface area contributed by atoms with Crippen LogP contribution in [0.2, 0.25) is 0 Å². The lowest BCUT2D eigenvalue weighted by molar-refractivity contribution is -0.0442. The summed E-state index contributed by atoms with van der Waals surface area (Å²) in [7, 11) is -16.9. The summed E-state index contributed by atoms with van der Waals surface area (Å²) in [4.78, 5) is 0. The second-order valence-corrected chi connectivity index (χ2v) is 22.6. The molecule has 8 aromatic rings. The van der Waals surface area contributed by atoms with Crippen LogP contribution in [0.1, 0.15) is 44.5 Å². The van der Waals surface area contributed by atoms with Crippen LogP contribution in [0.15, 0.2) is 102 Å². The monoisotopic (exact) mass is 920 g/mol. The van der Waals surface area contributed by atoms with E-state index in [4.69, 9.17) is 18.1 Å². The average Bonchev–Trinajstić information content (AvgIpc) is 3.43. The first-order chi connectivity index (χ1) is 30.1. The lowest BCUT2D eigenvalue weighted by Crippen LogP contribution is -2.36. The summed E-state index contributed by atoms with van der Waals surface area (Å²) >= 11 is 0. The van der Waals surface area contributed by atoms with E-state index in [0.717, 1.165) is 54.6 Å². The average molecular weight is 921 g/mol. The predicted octanol–water partition coefficient (Wildman–Crippen LogP) is 14.8. The molecule has 64 heavy (non-hydrogen) atoms. The van der Waals surface area contributed by atoms with E-state index < -0.39 is 30.9 Å². The SMILES string of the molecule is Cc1ccc2c3c(c(C)cc2c1)OP(=O)(N=P1(NS(=O)(=O)C(F)(F)F)Oc2c(C)cc4cc(C)ccc4c2-c2c(c(C)cc4cc(C)ccc24)O1)Oc1c(C)cc2cc(C)ccc2c1-3. The van der Waals surface area contributed by atoms with Gasteiger partial charge in [-0.15, -0.1) is 4.49 Å². The predicted molar refractivity (Wildman–Crippen MR) is 249 cm³/mol. The number of hydrogen-bond acceptors (Lipinski definition) is 7. The van der Waals surface area contributed by atoms with Gasteiger partial charge in [-0.2, -0.15) is 13.2 Å². The van der Waals surface area contributed by atoms with Crippen LogP contribution in [-0.2, 0) is 14.6 Å². The summed E-state index contributed by atoms with van der Waals surface area (Å²) in [6, 6.07) is 30.5. The van der Waals surface area contributed by atoms with Crippen LogP contribution in [0.25, 0.3) is 65.3 Å². The normalized spacial score (nSPS) is 15.2. The molecule has 0 fully saturated rings. The minimum atomic E-state index is -6.37. The van der Waals surface area contributed by atoms with Crippen molar-refractivity contribution >= 4 is 68.5 Å². The van der Waals surface area contributed by atoms with E-state index in [0.29, 0.717) is 55.3 Å². The Kier molecular flexibility index (Phi) is 9.43. The van der Waals surface area contributed by atoms with Gasteiger partial charge in [-0.25, -0.2) is 13.0 Å². The number of aryl methyl sites for hydroxylation is 8. The summed E-state index contributed by atoms with van der Waals surface area (Å²) in [5.74, 6) is 0.109. The molecule has 0 saturated carbocycles. The molecule has 2 aliphatic rings. The van der Waals surface area contributed by atoms with Gasteiger partial charge in [-0.3, -0.25) is 0 Å². The molecule has 0 saturated heterocycles. The van der Waals surface area contributed by atoms with E-state index in [1.807, 2.05) is 113 Å². The third-order valence-corrected chi connectivity index (χ3v) is 17.8. The largest absolute Gasteiger partial charge is 0.568 e. The molecule has 0 radical (unpaired) electrons. The first kappa shape index (κ1) is 42.1. The van der Waals surface area contributed by atoms with Gasteiger partial charge in [0, 0.05) is 22.3 Å². The lowest BCUT2D eigenvalue weighted by Gasteiger charge is -2.27. The van der Waals surface area contributed by atoms with Crippen molar-refractivity contribution in [1.82, 2.24) is 4.49 Å². The van der Waals surface area contributed by atoms with Crippen LogP contribution in [0.4, 0.5) is 13.2 Å². The van der Waals surface area contributed by atoms with Crippen molar-refractivity contribution in [2.45, 2.75) is 60.9 Å². The third-order valence-electron chi connectivity index (χ3n) is 11.8. The molecular weight excluding hydrogens is 880 g/mol. The maximum absolute atomic E-state index is 16.0. The lowest BCUT2D eigenvalue weighted by atomic mass is 9.88. The molecule has 8 aromatic carbocycles. The fourth-order valence-corrected chi connectivity index (χ4v) is 15.2. The number of benzene rings is 8. The van der Waals surface area contributed by atoms with E-state index in [1.54, 1.807) is 44.3 Å². The van der Waals surface area contributed by atoms with Gasteiger partial charge in [0.2, 0.25) is 0 Å². The van der Waals surface area contributed by atoms with E-state index in [-0.39, 0.29) is 23.0 Å². The number of hydrogen-bond donors (Lipinski definition) is 1. The van der Waals surface area contributed by atoms with Crippen molar-refractivity contribution in [3.05, 3.63) is 142 Å². The fourth-order valence-electron chi connectivity index (χ4n) is 9.05.